The van der Waals surface area contributed by atoms with Gasteiger partial charge in [0.1, 0.15) is 0 Å². The lowest BCUT2D eigenvalue weighted by atomic mass is 10.00. The highest BCUT2D eigenvalue weighted by Gasteiger charge is 2.40. The number of hydrogen-bond donors (Lipinski definition) is 1. The van der Waals surface area contributed by atoms with E-state index in [0.717, 1.165) is 16.0 Å². The molecule has 0 aliphatic carbocycles. The summed E-state index contributed by atoms with van der Waals surface area (Å²) >= 11 is 5.83. The minimum atomic E-state index is -0.731. The SMILES string of the molecule is Cc1ccc(C2=C(O)C(=O)N(c3ccc(Cl)cc3)C2=O)cc1C. The van der Waals surface area contributed by atoms with Crippen LogP contribution in [-0.2, 0) is 9.59 Å². The Labute approximate surface area is 138 Å². The first kappa shape index (κ1) is 15.3. The third-order valence-electron chi connectivity index (χ3n) is 3.94. The van der Waals surface area contributed by atoms with Crippen LogP contribution in [0.25, 0.3) is 5.57 Å². The summed E-state index contributed by atoms with van der Waals surface area (Å²) in [6.45, 7) is 3.86. The van der Waals surface area contributed by atoms with Crippen LogP contribution >= 0.6 is 11.6 Å². The highest BCUT2D eigenvalue weighted by atomic mass is 35.5. The second kappa shape index (κ2) is 5.56. The summed E-state index contributed by atoms with van der Waals surface area (Å²) in [6.07, 6.45) is 0. The monoisotopic (exact) mass is 327 g/mol. The van der Waals surface area contributed by atoms with Crippen LogP contribution in [0.15, 0.2) is 48.2 Å². The number of halogens is 1. The highest BCUT2D eigenvalue weighted by Crippen LogP contribution is 2.32. The average Bonchev–Trinajstić information content (AvgIpc) is 2.74. The first-order valence-electron chi connectivity index (χ1n) is 7.05. The maximum absolute atomic E-state index is 12.7. The molecular formula is C18H14ClNO3. The molecule has 3 rings (SSSR count). The van der Waals surface area contributed by atoms with Gasteiger partial charge in [-0.1, -0.05) is 29.8 Å². The van der Waals surface area contributed by atoms with E-state index in [2.05, 4.69) is 0 Å². The Bertz CT molecular complexity index is 853. The number of rotatable bonds is 2. The van der Waals surface area contributed by atoms with Crippen molar-refractivity contribution in [1.29, 1.82) is 0 Å². The van der Waals surface area contributed by atoms with Crippen molar-refractivity contribution in [1.82, 2.24) is 0 Å². The predicted molar refractivity (Wildman–Crippen MR) is 89.4 cm³/mol. The fourth-order valence-electron chi connectivity index (χ4n) is 2.50. The lowest BCUT2D eigenvalue weighted by Crippen LogP contribution is -2.31. The summed E-state index contributed by atoms with van der Waals surface area (Å²) in [5, 5.41) is 10.7. The van der Waals surface area contributed by atoms with Crippen molar-refractivity contribution in [3.8, 4) is 0 Å². The van der Waals surface area contributed by atoms with Gasteiger partial charge in [-0.3, -0.25) is 9.59 Å². The van der Waals surface area contributed by atoms with Gasteiger partial charge >= 0.3 is 5.91 Å². The molecule has 4 nitrogen and oxygen atoms in total. The van der Waals surface area contributed by atoms with E-state index < -0.39 is 17.6 Å². The summed E-state index contributed by atoms with van der Waals surface area (Å²) in [4.78, 5) is 25.9. The third kappa shape index (κ3) is 2.51. The van der Waals surface area contributed by atoms with Crippen LogP contribution in [0.5, 0.6) is 0 Å². The molecule has 2 amide bonds. The zero-order valence-electron chi connectivity index (χ0n) is 12.6. The Balaban J connectivity index is 2.05. The molecule has 0 unspecified atom stereocenters. The molecule has 5 heteroatoms. The van der Waals surface area contributed by atoms with E-state index in [9.17, 15) is 14.7 Å². The number of aryl methyl sites for hydroxylation is 2. The lowest BCUT2D eigenvalue weighted by Gasteiger charge is -2.14. The molecule has 23 heavy (non-hydrogen) atoms. The van der Waals surface area contributed by atoms with Gasteiger partial charge in [-0.25, -0.2) is 4.90 Å². The molecule has 0 atom stereocenters. The minimum absolute atomic E-state index is 0.0213. The van der Waals surface area contributed by atoms with Crippen molar-refractivity contribution in [2.45, 2.75) is 13.8 Å². The topological polar surface area (TPSA) is 57.6 Å². The van der Waals surface area contributed by atoms with Crippen LogP contribution in [0, 0.1) is 13.8 Å². The van der Waals surface area contributed by atoms with Crippen molar-refractivity contribution in [2.24, 2.45) is 0 Å². The smallest absolute Gasteiger partial charge is 0.301 e. The Hall–Kier alpha value is -2.59. The molecule has 0 bridgehead atoms. The van der Waals surface area contributed by atoms with Gasteiger partial charge in [0.05, 0.1) is 11.3 Å². The molecule has 1 aliphatic rings. The van der Waals surface area contributed by atoms with E-state index in [1.165, 1.54) is 0 Å². The van der Waals surface area contributed by atoms with Crippen LogP contribution in [0.1, 0.15) is 16.7 Å². The molecule has 0 saturated heterocycles. The second-order valence-corrected chi connectivity index (χ2v) is 5.88. The zero-order valence-corrected chi connectivity index (χ0v) is 13.4. The van der Waals surface area contributed by atoms with E-state index in [-0.39, 0.29) is 5.57 Å². The third-order valence-corrected chi connectivity index (χ3v) is 4.19. The van der Waals surface area contributed by atoms with Gasteiger partial charge < -0.3 is 5.11 Å². The molecule has 0 radical (unpaired) electrons. The Morgan fingerprint density at radius 2 is 1.57 bits per heavy atom. The van der Waals surface area contributed by atoms with E-state index in [1.807, 2.05) is 19.9 Å². The normalized spacial score (nSPS) is 14.8. The minimum Gasteiger partial charge on any atom is -0.502 e. The van der Waals surface area contributed by atoms with E-state index in [4.69, 9.17) is 11.6 Å². The standard InChI is InChI=1S/C18H14ClNO3/c1-10-3-4-12(9-11(10)2)15-16(21)18(23)20(17(15)22)14-7-5-13(19)6-8-14/h3-9,21H,1-2H3. The molecule has 1 N–H and O–H groups in total. The van der Waals surface area contributed by atoms with Crippen molar-refractivity contribution < 1.29 is 14.7 Å². The fraction of sp³-hybridized carbons (Fsp3) is 0.111. The Morgan fingerprint density at radius 3 is 2.17 bits per heavy atom. The van der Waals surface area contributed by atoms with Crippen molar-refractivity contribution in [2.75, 3.05) is 4.90 Å². The quantitative estimate of drug-likeness (QED) is 0.853. The molecule has 0 saturated carbocycles. The molecule has 116 valence electrons. The largest absolute Gasteiger partial charge is 0.502 e. The van der Waals surface area contributed by atoms with Crippen LogP contribution in [0.2, 0.25) is 5.02 Å². The first-order chi connectivity index (χ1) is 10.9. The number of hydrogen-bond acceptors (Lipinski definition) is 3. The number of anilines is 1. The molecule has 1 heterocycles. The molecule has 2 aromatic rings. The summed E-state index contributed by atoms with van der Waals surface area (Å²) in [5.74, 6) is -1.81. The van der Waals surface area contributed by atoms with E-state index in [1.54, 1.807) is 36.4 Å². The Kier molecular flexibility index (Phi) is 3.70. The van der Waals surface area contributed by atoms with Crippen LogP contribution in [-0.4, -0.2) is 16.9 Å². The highest BCUT2D eigenvalue weighted by molar-refractivity contribution is 6.45. The number of nitrogens with zero attached hydrogens (tertiary/aromatic N) is 1. The number of aliphatic hydroxyl groups excluding tert-OH is 1. The van der Waals surface area contributed by atoms with E-state index in [0.29, 0.717) is 16.3 Å². The first-order valence-corrected chi connectivity index (χ1v) is 7.43. The molecule has 0 aromatic heterocycles. The van der Waals surface area contributed by atoms with Crippen molar-refractivity contribution >= 4 is 34.7 Å². The van der Waals surface area contributed by atoms with Gasteiger partial charge in [-0.2, -0.15) is 0 Å². The summed E-state index contributed by atoms with van der Waals surface area (Å²) in [6, 6.07) is 11.7. The molecule has 0 fully saturated rings. The van der Waals surface area contributed by atoms with Gasteiger partial charge in [0, 0.05) is 5.02 Å². The van der Waals surface area contributed by atoms with Crippen LogP contribution < -0.4 is 4.90 Å². The molecular weight excluding hydrogens is 314 g/mol. The van der Waals surface area contributed by atoms with Crippen molar-refractivity contribution in [3.05, 3.63) is 69.9 Å². The number of aliphatic hydroxyl groups is 1. The van der Waals surface area contributed by atoms with Crippen molar-refractivity contribution in [3.63, 3.8) is 0 Å². The number of amides is 2. The number of benzene rings is 2. The molecule has 2 aromatic carbocycles. The predicted octanol–water partition coefficient (Wildman–Crippen LogP) is 3.80. The van der Waals surface area contributed by atoms with Gasteiger partial charge in [0.25, 0.3) is 5.91 Å². The summed E-state index contributed by atoms with van der Waals surface area (Å²) in [7, 11) is 0. The number of imide groups is 1. The fourth-order valence-corrected chi connectivity index (χ4v) is 2.63. The maximum atomic E-state index is 12.7. The number of carbonyl (C=O) groups is 2. The van der Waals surface area contributed by atoms with Crippen LogP contribution in [0.4, 0.5) is 5.69 Å². The molecule has 0 spiro atoms. The average molecular weight is 328 g/mol. The van der Waals surface area contributed by atoms with Crippen LogP contribution in [0.3, 0.4) is 0 Å². The lowest BCUT2D eigenvalue weighted by molar-refractivity contribution is -0.121. The summed E-state index contributed by atoms with van der Waals surface area (Å²) in [5.41, 5.74) is 2.97. The second-order valence-electron chi connectivity index (χ2n) is 5.44. The van der Waals surface area contributed by atoms with E-state index >= 15 is 0 Å². The van der Waals surface area contributed by atoms with Gasteiger partial charge in [-0.05, 0) is 54.8 Å². The zero-order chi connectivity index (χ0) is 16.7. The maximum Gasteiger partial charge on any atom is 0.301 e. The Morgan fingerprint density at radius 1 is 0.913 bits per heavy atom. The number of carbonyl (C=O) groups excluding carboxylic acids is 2. The van der Waals surface area contributed by atoms with Gasteiger partial charge in [-0.15, -0.1) is 0 Å². The molecule has 1 aliphatic heterocycles. The van der Waals surface area contributed by atoms with Gasteiger partial charge in [0.2, 0.25) is 0 Å². The van der Waals surface area contributed by atoms with Gasteiger partial charge in [0.15, 0.2) is 5.76 Å². The summed E-state index contributed by atoms with van der Waals surface area (Å²) < 4.78 is 0.